The molecule has 0 amide bonds. The maximum atomic E-state index is 10.8. The summed E-state index contributed by atoms with van der Waals surface area (Å²) in [6.45, 7) is 6.66. The molecule has 1 heterocycles. The van der Waals surface area contributed by atoms with Crippen LogP contribution in [0.15, 0.2) is 6.20 Å². The number of rotatable bonds is 1. The molecule has 90 valence electrons. The van der Waals surface area contributed by atoms with Gasteiger partial charge in [0.1, 0.15) is 5.60 Å². The van der Waals surface area contributed by atoms with E-state index in [9.17, 15) is 5.11 Å². The summed E-state index contributed by atoms with van der Waals surface area (Å²) in [6.07, 6.45) is 4.63. The van der Waals surface area contributed by atoms with Gasteiger partial charge in [-0.25, -0.2) is 4.98 Å². The summed E-state index contributed by atoms with van der Waals surface area (Å²) in [5.74, 6) is 0.260. The third-order valence-electron chi connectivity index (χ3n) is 3.81. The van der Waals surface area contributed by atoms with Crippen molar-refractivity contribution in [2.45, 2.75) is 45.6 Å². The Kier molecular flexibility index (Phi) is 2.75. The molecule has 1 aliphatic rings. The largest absolute Gasteiger partial charge is 0.384 e. The molecule has 4 heteroatoms. The normalized spacial score (nSPS) is 33.9. The molecular weight excluding hydrogens is 220 g/mol. The lowest BCUT2D eigenvalue weighted by Gasteiger charge is -2.44. The summed E-state index contributed by atoms with van der Waals surface area (Å²) < 4.78 is 0. The van der Waals surface area contributed by atoms with Gasteiger partial charge in [0.05, 0.1) is 4.88 Å². The highest BCUT2D eigenvalue weighted by atomic mass is 32.1. The summed E-state index contributed by atoms with van der Waals surface area (Å²) in [5.41, 5.74) is 5.26. The summed E-state index contributed by atoms with van der Waals surface area (Å²) in [6, 6.07) is 0. The van der Waals surface area contributed by atoms with Crippen LogP contribution in [0.5, 0.6) is 0 Å². The molecule has 2 atom stereocenters. The van der Waals surface area contributed by atoms with Crippen molar-refractivity contribution in [1.29, 1.82) is 0 Å². The van der Waals surface area contributed by atoms with Crippen molar-refractivity contribution in [2.75, 3.05) is 5.73 Å². The van der Waals surface area contributed by atoms with Crippen molar-refractivity contribution in [3.05, 3.63) is 11.1 Å². The van der Waals surface area contributed by atoms with E-state index >= 15 is 0 Å². The van der Waals surface area contributed by atoms with E-state index in [0.717, 1.165) is 24.1 Å². The molecule has 3 N–H and O–H groups in total. The maximum Gasteiger partial charge on any atom is 0.180 e. The van der Waals surface area contributed by atoms with Gasteiger partial charge in [-0.05, 0) is 30.6 Å². The molecule has 0 aliphatic heterocycles. The van der Waals surface area contributed by atoms with Gasteiger partial charge in [0.2, 0.25) is 0 Å². The van der Waals surface area contributed by atoms with Crippen molar-refractivity contribution in [3.63, 3.8) is 0 Å². The van der Waals surface area contributed by atoms with Crippen LogP contribution in [0.25, 0.3) is 0 Å². The number of nitrogen functional groups attached to an aromatic ring is 1. The van der Waals surface area contributed by atoms with Crippen LogP contribution >= 0.6 is 11.3 Å². The number of nitrogens with two attached hydrogens (primary N) is 1. The fourth-order valence-electron chi connectivity index (χ4n) is 2.73. The highest BCUT2D eigenvalue weighted by Crippen LogP contribution is 2.49. The van der Waals surface area contributed by atoms with Gasteiger partial charge in [-0.15, -0.1) is 0 Å². The molecule has 1 fully saturated rings. The smallest absolute Gasteiger partial charge is 0.180 e. The topological polar surface area (TPSA) is 59.1 Å². The molecule has 1 aromatic rings. The molecule has 0 radical (unpaired) electrons. The average molecular weight is 240 g/mol. The first kappa shape index (κ1) is 11.9. The Hall–Kier alpha value is -0.610. The Labute approximate surface area is 101 Å². The summed E-state index contributed by atoms with van der Waals surface area (Å²) in [5, 5.41) is 11.3. The highest BCUT2D eigenvalue weighted by molar-refractivity contribution is 7.15. The number of aliphatic hydroxyl groups is 1. The Morgan fingerprint density at radius 1 is 1.50 bits per heavy atom. The number of thiazole rings is 1. The molecule has 0 saturated heterocycles. The van der Waals surface area contributed by atoms with E-state index in [2.05, 4.69) is 25.8 Å². The van der Waals surface area contributed by atoms with Crippen LogP contribution in [-0.4, -0.2) is 10.1 Å². The number of hydrogen-bond acceptors (Lipinski definition) is 4. The molecule has 1 aromatic heterocycles. The van der Waals surface area contributed by atoms with Crippen LogP contribution in [-0.2, 0) is 5.60 Å². The molecule has 1 aliphatic carbocycles. The Morgan fingerprint density at radius 2 is 2.19 bits per heavy atom. The van der Waals surface area contributed by atoms with Crippen molar-refractivity contribution in [3.8, 4) is 0 Å². The lowest BCUT2D eigenvalue weighted by atomic mass is 9.65. The van der Waals surface area contributed by atoms with Crippen LogP contribution in [0.1, 0.15) is 44.9 Å². The predicted molar refractivity (Wildman–Crippen MR) is 67.2 cm³/mol. The first-order chi connectivity index (χ1) is 7.33. The fourth-order valence-corrected chi connectivity index (χ4v) is 3.65. The van der Waals surface area contributed by atoms with Crippen molar-refractivity contribution in [1.82, 2.24) is 4.98 Å². The zero-order valence-corrected chi connectivity index (χ0v) is 11.0. The third kappa shape index (κ3) is 1.96. The summed E-state index contributed by atoms with van der Waals surface area (Å²) in [7, 11) is 0. The lowest BCUT2D eigenvalue weighted by molar-refractivity contribution is -0.0743. The molecule has 0 aromatic carbocycles. The van der Waals surface area contributed by atoms with E-state index in [1.54, 1.807) is 6.20 Å². The van der Waals surface area contributed by atoms with Gasteiger partial charge in [0, 0.05) is 6.20 Å². The maximum absolute atomic E-state index is 10.8. The van der Waals surface area contributed by atoms with Gasteiger partial charge in [0.15, 0.2) is 5.13 Å². The summed E-state index contributed by atoms with van der Waals surface area (Å²) >= 11 is 1.41. The van der Waals surface area contributed by atoms with Gasteiger partial charge in [-0.3, -0.25) is 0 Å². The third-order valence-corrected chi connectivity index (χ3v) is 4.80. The molecule has 0 bridgehead atoms. The van der Waals surface area contributed by atoms with Gasteiger partial charge in [-0.2, -0.15) is 0 Å². The Balaban J connectivity index is 2.26. The number of hydrogen-bond donors (Lipinski definition) is 2. The van der Waals surface area contributed by atoms with E-state index in [1.165, 1.54) is 11.3 Å². The number of aromatic nitrogens is 1. The first-order valence-corrected chi connectivity index (χ1v) is 6.59. The second-order valence-corrected chi connectivity index (χ2v) is 6.82. The number of anilines is 1. The van der Waals surface area contributed by atoms with Crippen LogP contribution < -0.4 is 5.73 Å². The highest BCUT2D eigenvalue weighted by Gasteiger charge is 2.44. The van der Waals surface area contributed by atoms with Crippen molar-refractivity contribution < 1.29 is 5.11 Å². The molecule has 3 nitrogen and oxygen atoms in total. The predicted octanol–water partition coefficient (Wildman–Crippen LogP) is 2.76. The van der Waals surface area contributed by atoms with Crippen LogP contribution in [0.2, 0.25) is 0 Å². The van der Waals surface area contributed by atoms with Crippen LogP contribution in [0.4, 0.5) is 5.13 Å². The standard InChI is InChI=1S/C12H20N2OS/c1-8-6-11(2,3)4-5-12(8,15)9-7-14-10(13)16-9/h7-8,15H,4-6H2,1-3H3,(H2,13,14). The lowest BCUT2D eigenvalue weighted by Crippen LogP contribution is -2.41. The second kappa shape index (κ2) is 3.70. The molecular formula is C12H20N2OS. The monoisotopic (exact) mass is 240 g/mol. The SMILES string of the molecule is CC1CC(C)(C)CCC1(O)c1cnc(N)s1. The van der Waals surface area contributed by atoms with E-state index < -0.39 is 5.60 Å². The van der Waals surface area contributed by atoms with Gasteiger partial charge in [0.25, 0.3) is 0 Å². The second-order valence-electron chi connectivity index (χ2n) is 5.76. The number of nitrogens with zero attached hydrogens (tertiary/aromatic N) is 1. The first-order valence-electron chi connectivity index (χ1n) is 5.78. The van der Waals surface area contributed by atoms with E-state index in [-0.39, 0.29) is 5.92 Å². The Bertz CT molecular complexity index is 388. The molecule has 2 unspecified atom stereocenters. The molecule has 0 spiro atoms. The van der Waals surface area contributed by atoms with Crippen molar-refractivity contribution in [2.24, 2.45) is 11.3 Å². The zero-order valence-electron chi connectivity index (χ0n) is 10.2. The Morgan fingerprint density at radius 3 is 2.69 bits per heavy atom. The summed E-state index contributed by atoms with van der Waals surface area (Å²) in [4.78, 5) is 4.97. The molecule has 2 rings (SSSR count). The van der Waals surface area contributed by atoms with E-state index in [1.807, 2.05) is 0 Å². The van der Waals surface area contributed by atoms with Gasteiger partial charge >= 0.3 is 0 Å². The fraction of sp³-hybridized carbons (Fsp3) is 0.750. The van der Waals surface area contributed by atoms with Crippen LogP contribution in [0, 0.1) is 11.3 Å². The minimum Gasteiger partial charge on any atom is -0.384 e. The molecule has 16 heavy (non-hydrogen) atoms. The average Bonchev–Trinajstić information content (AvgIpc) is 2.59. The minimum absolute atomic E-state index is 0.260. The minimum atomic E-state index is -0.717. The van der Waals surface area contributed by atoms with Gasteiger partial charge in [-0.1, -0.05) is 32.1 Å². The van der Waals surface area contributed by atoms with E-state index in [0.29, 0.717) is 10.5 Å². The van der Waals surface area contributed by atoms with Crippen molar-refractivity contribution >= 4 is 16.5 Å². The zero-order chi connectivity index (χ0) is 12.0. The quantitative estimate of drug-likeness (QED) is 0.793. The van der Waals surface area contributed by atoms with Crippen LogP contribution in [0.3, 0.4) is 0 Å². The molecule has 1 saturated carbocycles. The van der Waals surface area contributed by atoms with Gasteiger partial charge < -0.3 is 10.8 Å². The van der Waals surface area contributed by atoms with E-state index in [4.69, 9.17) is 5.73 Å².